The van der Waals surface area contributed by atoms with Crippen molar-refractivity contribution in [3.05, 3.63) is 28.2 Å². The Labute approximate surface area is 124 Å². The number of ether oxygens (including phenoxy) is 1. The lowest BCUT2D eigenvalue weighted by Gasteiger charge is -2.26. The molecule has 0 bridgehead atoms. The first-order chi connectivity index (χ1) is 8.75. The normalized spacial score (nSPS) is 12.9. The van der Waals surface area contributed by atoms with E-state index < -0.39 is 6.10 Å². The van der Waals surface area contributed by atoms with Crippen molar-refractivity contribution in [2.24, 2.45) is 0 Å². The van der Waals surface area contributed by atoms with Crippen LogP contribution in [0, 0.1) is 0 Å². The molecule has 0 fully saturated rings. The van der Waals surface area contributed by atoms with E-state index in [4.69, 9.17) is 27.9 Å². The van der Waals surface area contributed by atoms with Gasteiger partial charge < -0.3 is 10.1 Å². The van der Waals surface area contributed by atoms with Crippen LogP contribution in [-0.4, -0.2) is 17.6 Å². The van der Waals surface area contributed by atoms with Crippen LogP contribution in [0.15, 0.2) is 18.2 Å². The van der Waals surface area contributed by atoms with Gasteiger partial charge in [0.25, 0.3) is 5.91 Å². The number of benzene rings is 1. The van der Waals surface area contributed by atoms with Gasteiger partial charge in [-0.3, -0.25) is 4.79 Å². The molecule has 0 aromatic heterocycles. The minimum Gasteiger partial charge on any atom is -0.479 e. The third-order valence-electron chi connectivity index (χ3n) is 2.91. The van der Waals surface area contributed by atoms with Gasteiger partial charge in [-0.15, -0.1) is 0 Å². The van der Waals surface area contributed by atoms with Gasteiger partial charge in [0.15, 0.2) is 6.10 Å². The Morgan fingerprint density at radius 1 is 1.42 bits per heavy atom. The molecule has 1 unspecified atom stereocenters. The second-order valence-electron chi connectivity index (χ2n) is 5.06. The molecular formula is C14H19Cl2NO2. The van der Waals surface area contributed by atoms with Gasteiger partial charge in [0.1, 0.15) is 5.75 Å². The minimum atomic E-state index is -0.637. The fraction of sp³-hybridized carbons (Fsp3) is 0.500. The van der Waals surface area contributed by atoms with Crippen LogP contribution in [0.3, 0.4) is 0 Å². The number of carbonyl (C=O) groups is 1. The molecule has 1 amide bonds. The van der Waals surface area contributed by atoms with Crippen molar-refractivity contribution in [1.82, 2.24) is 5.32 Å². The molecule has 1 aromatic rings. The molecule has 1 rings (SSSR count). The Hall–Kier alpha value is -0.930. The van der Waals surface area contributed by atoms with E-state index in [0.29, 0.717) is 15.8 Å². The molecule has 106 valence electrons. The second kappa shape index (κ2) is 6.49. The van der Waals surface area contributed by atoms with Crippen molar-refractivity contribution in [3.8, 4) is 5.75 Å². The summed E-state index contributed by atoms with van der Waals surface area (Å²) in [5, 5.41) is 3.86. The van der Waals surface area contributed by atoms with Gasteiger partial charge in [-0.05, 0) is 39.3 Å². The third-order valence-corrected chi connectivity index (χ3v) is 3.46. The fourth-order valence-electron chi connectivity index (χ4n) is 1.34. The highest BCUT2D eigenvalue weighted by Crippen LogP contribution is 2.28. The van der Waals surface area contributed by atoms with Crippen LogP contribution in [0.1, 0.15) is 34.1 Å². The molecule has 1 aromatic carbocycles. The summed E-state index contributed by atoms with van der Waals surface area (Å²) in [6, 6.07) is 4.90. The average Bonchev–Trinajstić information content (AvgIpc) is 2.33. The Morgan fingerprint density at radius 3 is 2.63 bits per heavy atom. The number of amides is 1. The van der Waals surface area contributed by atoms with E-state index >= 15 is 0 Å². The average molecular weight is 304 g/mol. The Balaban J connectivity index is 2.71. The van der Waals surface area contributed by atoms with Crippen LogP contribution in [0.5, 0.6) is 5.75 Å². The number of hydrogen-bond acceptors (Lipinski definition) is 2. The maximum atomic E-state index is 12.0. The SMILES string of the molecule is CCC(C)(C)NC(=O)C(C)Oc1cc(Cl)ccc1Cl. The van der Waals surface area contributed by atoms with Crippen molar-refractivity contribution < 1.29 is 9.53 Å². The quantitative estimate of drug-likeness (QED) is 0.890. The van der Waals surface area contributed by atoms with E-state index in [1.54, 1.807) is 25.1 Å². The lowest BCUT2D eigenvalue weighted by atomic mass is 10.0. The van der Waals surface area contributed by atoms with Gasteiger partial charge in [-0.25, -0.2) is 0 Å². The van der Waals surface area contributed by atoms with Crippen molar-refractivity contribution in [3.63, 3.8) is 0 Å². The van der Waals surface area contributed by atoms with Crippen molar-refractivity contribution in [2.45, 2.75) is 45.8 Å². The summed E-state index contributed by atoms with van der Waals surface area (Å²) >= 11 is 11.9. The molecule has 0 aliphatic carbocycles. The Morgan fingerprint density at radius 2 is 2.05 bits per heavy atom. The lowest BCUT2D eigenvalue weighted by Crippen LogP contribution is -2.48. The van der Waals surface area contributed by atoms with Gasteiger partial charge in [0, 0.05) is 16.6 Å². The summed E-state index contributed by atoms with van der Waals surface area (Å²) in [6.07, 6.45) is 0.199. The fourth-order valence-corrected chi connectivity index (χ4v) is 1.66. The molecule has 0 heterocycles. The standard InChI is InChI=1S/C14H19Cl2NO2/c1-5-14(3,4)17-13(18)9(2)19-12-8-10(15)6-7-11(12)16/h6-9H,5H2,1-4H3,(H,17,18). The maximum absolute atomic E-state index is 12.0. The monoisotopic (exact) mass is 303 g/mol. The highest BCUT2D eigenvalue weighted by molar-refractivity contribution is 6.34. The largest absolute Gasteiger partial charge is 0.479 e. The van der Waals surface area contributed by atoms with Crippen LogP contribution < -0.4 is 10.1 Å². The molecule has 1 N–H and O–H groups in total. The summed E-state index contributed by atoms with van der Waals surface area (Å²) in [5.74, 6) is 0.231. The lowest BCUT2D eigenvalue weighted by molar-refractivity contribution is -0.128. The van der Waals surface area contributed by atoms with Gasteiger partial charge in [-0.1, -0.05) is 30.1 Å². The number of nitrogens with one attached hydrogen (secondary N) is 1. The van der Waals surface area contributed by atoms with Crippen molar-refractivity contribution in [2.75, 3.05) is 0 Å². The van der Waals surface area contributed by atoms with E-state index in [1.165, 1.54) is 0 Å². The van der Waals surface area contributed by atoms with Gasteiger partial charge >= 0.3 is 0 Å². The van der Waals surface area contributed by atoms with E-state index in [1.807, 2.05) is 20.8 Å². The van der Waals surface area contributed by atoms with Crippen LogP contribution >= 0.6 is 23.2 Å². The van der Waals surface area contributed by atoms with E-state index in [0.717, 1.165) is 6.42 Å². The number of halogens is 2. The molecule has 19 heavy (non-hydrogen) atoms. The molecule has 0 saturated heterocycles. The van der Waals surface area contributed by atoms with E-state index in [2.05, 4.69) is 5.32 Å². The number of hydrogen-bond donors (Lipinski definition) is 1. The maximum Gasteiger partial charge on any atom is 0.261 e. The first kappa shape index (κ1) is 16.1. The summed E-state index contributed by atoms with van der Waals surface area (Å²) in [4.78, 5) is 12.0. The summed E-state index contributed by atoms with van der Waals surface area (Å²) in [5.41, 5.74) is -0.257. The van der Waals surface area contributed by atoms with Crippen LogP contribution in [0.4, 0.5) is 0 Å². The summed E-state index contributed by atoms with van der Waals surface area (Å²) in [6.45, 7) is 7.62. The molecule has 5 heteroatoms. The number of carbonyl (C=O) groups excluding carboxylic acids is 1. The van der Waals surface area contributed by atoms with Crippen LogP contribution in [0.2, 0.25) is 10.0 Å². The molecule has 0 aliphatic heterocycles. The Kier molecular flexibility index (Phi) is 5.50. The first-order valence-corrected chi connectivity index (χ1v) is 6.94. The molecule has 0 radical (unpaired) electrons. The molecule has 1 atom stereocenters. The zero-order valence-electron chi connectivity index (χ0n) is 11.6. The zero-order chi connectivity index (χ0) is 14.6. The molecular weight excluding hydrogens is 285 g/mol. The summed E-state index contributed by atoms with van der Waals surface area (Å²) in [7, 11) is 0. The van der Waals surface area contributed by atoms with Crippen LogP contribution in [-0.2, 0) is 4.79 Å². The van der Waals surface area contributed by atoms with Crippen molar-refractivity contribution in [1.29, 1.82) is 0 Å². The molecule has 0 spiro atoms. The highest BCUT2D eigenvalue weighted by Gasteiger charge is 2.23. The smallest absolute Gasteiger partial charge is 0.261 e. The predicted octanol–water partition coefficient (Wildman–Crippen LogP) is 4.07. The van der Waals surface area contributed by atoms with E-state index in [-0.39, 0.29) is 11.4 Å². The van der Waals surface area contributed by atoms with Crippen LogP contribution in [0.25, 0.3) is 0 Å². The minimum absolute atomic E-state index is 0.178. The van der Waals surface area contributed by atoms with E-state index in [9.17, 15) is 4.79 Å². The Bertz CT molecular complexity index is 461. The van der Waals surface area contributed by atoms with Gasteiger partial charge in [-0.2, -0.15) is 0 Å². The molecule has 0 aliphatic rings. The molecule has 0 saturated carbocycles. The zero-order valence-corrected chi connectivity index (χ0v) is 13.1. The first-order valence-electron chi connectivity index (χ1n) is 6.19. The van der Waals surface area contributed by atoms with Gasteiger partial charge in [0.2, 0.25) is 0 Å². The topological polar surface area (TPSA) is 38.3 Å². The number of rotatable bonds is 5. The summed E-state index contributed by atoms with van der Waals surface area (Å²) < 4.78 is 5.55. The van der Waals surface area contributed by atoms with Crippen molar-refractivity contribution >= 4 is 29.1 Å². The predicted molar refractivity (Wildman–Crippen MR) is 79.1 cm³/mol. The third kappa shape index (κ3) is 4.92. The highest BCUT2D eigenvalue weighted by atomic mass is 35.5. The second-order valence-corrected chi connectivity index (χ2v) is 5.91. The molecule has 3 nitrogen and oxygen atoms in total. The van der Waals surface area contributed by atoms with Gasteiger partial charge in [0.05, 0.1) is 5.02 Å².